The lowest BCUT2D eigenvalue weighted by Crippen LogP contribution is -2.26. The van der Waals surface area contributed by atoms with Gasteiger partial charge in [0.05, 0.1) is 15.9 Å². The summed E-state index contributed by atoms with van der Waals surface area (Å²) in [5, 5.41) is 4.38. The van der Waals surface area contributed by atoms with Gasteiger partial charge in [-0.1, -0.05) is 20.3 Å². The van der Waals surface area contributed by atoms with Crippen molar-refractivity contribution in [3.05, 3.63) is 15.9 Å². The molecule has 1 aromatic heterocycles. The fourth-order valence-electron chi connectivity index (χ4n) is 1.92. The van der Waals surface area contributed by atoms with E-state index in [-0.39, 0.29) is 6.04 Å². The lowest BCUT2D eigenvalue weighted by atomic mass is 9.97. The minimum absolute atomic E-state index is 0.223. The molecular formula is C12H22BrN3. The summed E-state index contributed by atoms with van der Waals surface area (Å²) in [6.07, 6.45) is 3.16. The number of hydrogen-bond donors (Lipinski definition) is 1. The first kappa shape index (κ1) is 13.7. The number of nitrogens with zero attached hydrogens (tertiary/aromatic N) is 2. The smallest absolute Gasteiger partial charge is 0.0738 e. The van der Waals surface area contributed by atoms with Crippen molar-refractivity contribution in [3.63, 3.8) is 0 Å². The van der Waals surface area contributed by atoms with E-state index < -0.39 is 0 Å². The molecule has 0 bridgehead atoms. The number of aryl methyl sites for hydroxylation is 2. The second-order valence-corrected chi connectivity index (χ2v) is 5.48. The van der Waals surface area contributed by atoms with Crippen molar-refractivity contribution in [2.45, 2.75) is 46.1 Å². The zero-order valence-corrected chi connectivity index (χ0v) is 12.2. The third kappa shape index (κ3) is 3.32. The highest BCUT2D eigenvalue weighted by Gasteiger charge is 2.15. The van der Waals surface area contributed by atoms with E-state index in [9.17, 15) is 0 Å². The Morgan fingerprint density at radius 3 is 2.56 bits per heavy atom. The fourth-order valence-corrected chi connectivity index (χ4v) is 2.41. The Bertz CT molecular complexity index is 346. The largest absolute Gasteiger partial charge is 0.327 e. The molecule has 2 N–H and O–H groups in total. The van der Waals surface area contributed by atoms with Gasteiger partial charge in [0.1, 0.15) is 0 Å². The summed E-state index contributed by atoms with van der Waals surface area (Å²) < 4.78 is 3.03. The van der Waals surface area contributed by atoms with Crippen molar-refractivity contribution in [1.29, 1.82) is 0 Å². The van der Waals surface area contributed by atoms with Crippen LogP contribution >= 0.6 is 15.9 Å². The Hall–Kier alpha value is -0.350. The number of rotatable bonds is 5. The van der Waals surface area contributed by atoms with Gasteiger partial charge in [-0.25, -0.2) is 0 Å². The average molecular weight is 288 g/mol. The summed E-state index contributed by atoms with van der Waals surface area (Å²) in [7, 11) is 1.98. The van der Waals surface area contributed by atoms with Gasteiger partial charge in [-0.15, -0.1) is 0 Å². The first-order chi connectivity index (χ1) is 7.45. The predicted octanol–water partition coefficient (Wildman–Crippen LogP) is 2.80. The van der Waals surface area contributed by atoms with Crippen molar-refractivity contribution in [3.8, 4) is 0 Å². The van der Waals surface area contributed by atoms with Crippen LogP contribution < -0.4 is 5.73 Å². The monoisotopic (exact) mass is 287 g/mol. The Labute approximate surface area is 107 Å². The van der Waals surface area contributed by atoms with Crippen LogP contribution in [0.4, 0.5) is 0 Å². The van der Waals surface area contributed by atoms with Crippen LogP contribution in [0.25, 0.3) is 0 Å². The molecule has 1 rings (SSSR count). The van der Waals surface area contributed by atoms with Gasteiger partial charge in [0.25, 0.3) is 0 Å². The molecule has 0 aliphatic heterocycles. The number of aromatic nitrogens is 2. The van der Waals surface area contributed by atoms with Gasteiger partial charge >= 0.3 is 0 Å². The molecular weight excluding hydrogens is 266 g/mol. The lowest BCUT2D eigenvalue weighted by Gasteiger charge is -2.16. The van der Waals surface area contributed by atoms with E-state index in [1.54, 1.807) is 0 Å². The van der Waals surface area contributed by atoms with Crippen molar-refractivity contribution < 1.29 is 0 Å². The normalized spacial score (nSPS) is 15.1. The van der Waals surface area contributed by atoms with Crippen LogP contribution in [0.3, 0.4) is 0 Å². The Kier molecular flexibility index (Phi) is 4.99. The van der Waals surface area contributed by atoms with Crippen molar-refractivity contribution in [2.75, 3.05) is 0 Å². The van der Waals surface area contributed by atoms with Gasteiger partial charge in [-0.3, -0.25) is 4.68 Å². The maximum Gasteiger partial charge on any atom is 0.0738 e. The van der Waals surface area contributed by atoms with Crippen LogP contribution in [0, 0.1) is 12.8 Å². The summed E-state index contributed by atoms with van der Waals surface area (Å²) in [5.74, 6) is 0.697. The van der Waals surface area contributed by atoms with E-state index in [0.29, 0.717) is 5.92 Å². The highest BCUT2D eigenvalue weighted by molar-refractivity contribution is 9.10. The Balaban J connectivity index is 2.65. The molecule has 1 heterocycles. The van der Waals surface area contributed by atoms with Crippen LogP contribution in [-0.4, -0.2) is 15.8 Å². The maximum atomic E-state index is 6.17. The van der Waals surface area contributed by atoms with Gasteiger partial charge in [-0.2, -0.15) is 5.10 Å². The van der Waals surface area contributed by atoms with E-state index in [2.05, 4.69) is 34.9 Å². The minimum Gasteiger partial charge on any atom is -0.327 e. The van der Waals surface area contributed by atoms with Crippen molar-refractivity contribution in [1.82, 2.24) is 9.78 Å². The maximum absolute atomic E-state index is 6.17. The van der Waals surface area contributed by atoms with Crippen molar-refractivity contribution in [2.24, 2.45) is 18.7 Å². The van der Waals surface area contributed by atoms with Crippen LogP contribution in [0.2, 0.25) is 0 Å². The molecule has 0 aliphatic carbocycles. The van der Waals surface area contributed by atoms with E-state index in [0.717, 1.165) is 23.0 Å². The zero-order chi connectivity index (χ0) is 12.3. The highest BCUT2D eigenvalue weighted by Crippen LogP contribution is 2.22. The van der Waals surface area contributed by atoms with E-state index >= 15 is 0 Å². The minimum atomic E-state index is 0.223. The Morgan fingerprint density at radius 2 is 2.12 bits per heavy atom. The molecule has 2 unspecified atom stereocenters. The first-order valence-electron chi connectivity index (χ1n) is 5.89. The van der Waals surface area contributed by atoms with E-state index in [1.165, 1.54) is 12.1 Å². The molecule has 3 nitrogen and oxygen atoms in total. The van der Waals surface area contributed by atoms with E-state index in [1.807, 2.05) is 18.7 Å². The molecule has 92 valence electrons. The highest BCUT2D eigenvalue weighted by atomic mass is 79.9. The summed E-state index contributed by atoms with van der Waals surface area (Å²) >= 11 is 3.57. The molecule has 4 heteroatoms. The average Bonchev–Trinajstić information content (AvgIpc) is 2.45. The standard InChI is InChI=1S/C12H22BrN3/c1-5-8(2)6-10(14)7-11-12(13)9(3)15-16(11)4/h8,10H,5-7,14H2,1-4H3. The van der Waals surface area contributed by atoms with Crippen LogP contribution in [0.15, 0.2) is 4.47 Å². The molecule has 2 atom stereocenters. The summed E-state index contributed by atoms with van der Waals surface area (Å²) in [6, 6.07) is 0.223. The molecule has 0 aliphatic rings. The molecule has 0 saturated heterocycles. The zero-order valence-electron chi connectivity index (χ0n) is 10.6. The van der Waals surface area contributed by atoms with Crippen LogP contribution in [0.5, 0.6) is 0 Å². The van der Waals surface area contributed by atoms with Gasteiger partial charge < -0.3 is 5.73 Å². The topological polar surface area (TPSA) is 43.8 Å². The molecule has 0 aromatic carbocycles. The van der Waals surface area contributed by atoms with Crippen LogP contribution in [0.1, 0.15) is 38.1 Å². The third-order valence-corrected chi connectivity index (χ3v) is 4.15. The second-order valence-electron chi connectivity index (χ2n) is 4.68. The molecule has 1 aromatic rings. The first-order valence-corrected chi connectivity index (χ1v) is 6.68. The Morgan fingerprint density at radius 1 is 1.50 bits per heavy atom. The lowest BCUT2D eigenvalue weighted by molar-refractivity contribution is 0.444. The fraction of sp³-hybridized carbons (Fsp3) is 0.750. The molecule has 0 spiro atoms. The summed E-state index contributed by atoms with van der Waals surface area (Å²) in [4.78, 5) is 0. The second kappa shape index (κ2) is 5.82. The van der Waals surface area contributed by atoms with Crippen LogP contribution in [-0.2, 0) is 13.5 Å². The number of nitrogens with two attached hydrogens (primary N) is 1. The van der Waals surface area contributed by atoms with Gasteiger partial charge in [0, 0.05) is 19.5 Å². The number of hydrogen-bond acceptors (Lipinski definition) is 2. The third-order valence-electron chi connectivity index (χ3n) is 3.12. The summed E-state index contributed by atoms with van der Waals surface area (Å²) in [6.45, 7) is 6.47. The quantitative estimate of drug-likeness (QED) is 0.905. The van der Waals surface area contributed by atoms with Gasteiger partial charge in [0.15, 0.2) is 0 Å². The molecule has 0 fully saturated rings. The van der Waals surface area contributed by atoms with Gasteiger partial charge in [0.2, 0.25) is 0 Å². The number of halogens is 1. The molecule has 16 heavy (non-hydrogen) atoms. The van der Waals surface area contributed by atoms with Gasteiger partial charge in [-0.05, 0) is 35.2 Å². The molecule has 0 radical (unpaired) electrons. The molecule has 0 amide bonds. The predicted molar refractivity (Wildman–Crippen MR) is 71.4 cm³/mol. The van der Waals surface area contributed by atoms with E-state index in [4.69, 9.17) is 5.73 Å². The SMILES string of the molecule is CCC(C)CC(N)Cc1c(Br)c(C)nn1C. The van der Waals surface area contributed by atoms with Crippen molar-refractivity contribution >= 4 is 15.9 Å². The summed E-state index contributed by atoms with van der Waals surface area (Å²) in [5.41, 5.74) is 8.40. The molecule has 0 saturated carbocycles.